The second-order valence-electron chi connectivity index (χ2n) is 7.83. The van der Waals surface area contributed by atoms with Crippen molar-refractivity contribution < 1.29 is 45.1 Å². The van der Waals surface area contributed by atoms with E-state index in [-0.39, 0.29) is 30.7 Å². The molecule has 0 atom stereocenters. The molecule has 0 spiro atoms. The third-order valence-corrected chi connectivity index (χ3v) is 5.26. The van der Waals surface area contributed by atoms with Crippen LogP contribution in [0.1, 0.15) is 27.0 Å². The van der Waals surface area contributed by atoms with Gasteiger partial charge < -0.3 is 15.0 Å². The summed E-state index contributed by atoms with van der Waals surface area (Å²) in [6.07, 6.45) is -10.2. The molecule has 0 saturated carbocycles. The van der Waals surface area contributed by atoms with Gasteiger partial charge in [-0.15, -0.1) is 0 Å². The van der Waals surface area contributed by atoms with Crippen LogP contribution in [0.15, 0.2) is 60.7 Å². The highest BCUT2D eigenvalue weighted by atomic mass is 19.4. The lowest BCUT2D eigenvalue weighted by Crippen LogP contribution is -2.38. The summed E-state index contributed by atoms with van der Waals surface area (Å²) in [6, 6.07) is 10.0. The summed E-state index contributed by atoms with van der Waals surface area (Å²) in [5.74, 6) is -1.90. The van der Waals surface area contributed by atoms with E-state index in [4.69, 9.17) is 4.74 Å². The van der Waals surface area contributed by atoms with Gasteiger partial charge in [-0.3, -0.25) is 9.59 Å². The Hall–Kier alpha value is -4.09. The number of fused-ring (bicyclic) bond motifs is 1. The molecule has 188 valence electrons. The fraction of sp³-hybridized carbons (Fsp3) is 0.167. The average Bonchev–Trinajstić information content (AvgIpc) is 2.81. The monoisotopic (exact) mass is 512 g/mol. The Bertz CT molecular complexity index is 1290. The van der Waals surface area contributed by atoms with Crippen molar-refractivity contribution in [2.45, 2.75) is 18.9 Å². The van der Waals surface area contributed by atoms with Crippen LogP contribution in [-0.4, -0.2) is 18.4 Å². The summed E-state index contributed by atoms with van der Waals surface area (Å²) in [6.45, 7) is -0.264. The SMILES string of the molecule is O=C(Nc1ccc2c(c1)OCC(=O)N2Cc1ccc(F)cc1)c1cc(C(F)(F)F)cc(C(F)(F)F)c1. The van der Waals surface area contributed by atoms with Crippen molar-refractivity contribution in [2.75, 3.05) is 16.8 Å². The lowest BCUT2D eigenvalue weighted by Gasteiger charge is -2.30. The number of anilines is 2. The number of rotatable bonds is 4. The summed E-state index contributed by atoms with van der Waals surface area (Å²) >= 11 is 0. The number of hydrogen-bond donors (Lipinski definition) is 1. The molecular formula is C24H15F7N2O3. The smallest absolute Gasteiger partial charge is 0.416 e. The first kappa shape index (κ1) is 25.0. The topological polar surface area (TPSA) is 58.6 Å². The van der Waals surface area contributed by atoms with E-state index in [0.29, 0.717) is 23.4 Å². The molecule has 0 unspecified atom stereocenters. The standard InChI is InChI=1S/C24H15F7N2O3/c25-17-3-1-13(2-4-17)11-33-19-6-5-18(10-20(19)36-12-21(33)34)32-22(35)14-7-15(23(26,27)28)9-16(8-14)24(29,30)31/h1-10H,11-12H2,(H,32,35). The molecule has 3 aromatic carbocycles. The predicted octanol–water partition coefficient (Wildman–Crippen LogP) is 6.04. The molecule has 0 radical (unpaired) electrons. The minimum Gasteiger partial charge on any atom is -0.481 e. The molecule has 0 fully saturated rings. The molecule has 1 N–H and O–H groups in total. The Morgan fingerprint density at radius 2 is 1.50 bits per heavy atom. The maximum Gasteiger partial charge on any atom is 0.416 e. The summed E-state index contributed by atoms with van der Waals surface area (Å²) in [5.41, 5.74) is -3.13. The van der Waals surface area contributed by atoms with Gasteiger partial charge in [-0.2, -0.15) is 26.3 Å². The quantitative estimate of drug-likeness (QED) is 0.434. The van der Waals surface area contributed by atoms with Gasteiger partial charge in [0.15, 0.2) is 6.61 Å². The zero-order valence-corrected chi connectivity index (χ0v) is 18.0. The average molecular weight is 512 g/mol. The predicted molar refractivity (Wildman–Crippen MR) is 114 cm³/mol. The van der Waals surface area contributed by atoms with Gasteiger partial charge in [-0.1, -0.05) is 12.1 Å². The van der Waals surface area contributed by atoms with Gasteiger partial charge in [-0.05, 0) is 48.0 Å². The minimum absolute atomic E-state index is 0.0146. The van der Waals surface area contributed by atoms with Crippen LogP contribution in [0.4, 0.5) is 42.1 Å². The maximum atomic E-state index is 13.2. The number of hydrogen-bond acceptors (Lipinski definition) is 3. The molecule has 0 saturated heterocycles. The molecule has 1 aliphatic rings. The van der Waals surface area contributed by atoms with Crippen molar-refractivity contribution in [1.29, 1.82) is 0 Å². The number of nitrogens with zero attached hydrogens (tertiary/aromatic N) is 1. The molecular weight excluding hydrogens is 497 g/mol. The van der Waals surface area contributed by atoms with Gasteiger partial charge >= 0.3 is 12.4 Å². The van der Waals surface area contributed by atoms with E-state index in [1.807, 2.05) is 0 Å². The Balaban J connectivity index is 1.59. The minimum atomic E-state index is -5.10. The molecule has 1 aliphatic heterocycles. The molecule has 1 heterocycles. The molecule has 2 amide bonds. The normalized spacial score (nSPS) is 13.8. The van der Waals surface area contributed by atoms with Crippen molar-refractivity contribution in [3.05, 3.63) is 88.7 Å². The second kappa shape index (κ2) is 9.17. The van der Waals surface area contributed by atoms with Gasteiger partial charge in [0.2, 0.25) is 0 Å². The van der Waals surface area contributed by atoms with Gasteiger partial charge in [0.1, 0.15) is 11.6 Å². The van der Waals surface area contributed by atoms with Crippen molar-refractivity contribution in [1.82, 2.24) is 0 Å². The molecule has 0 aromatic heterocycles. The largest absolute Gasteiger partial charge is 0.481 e. The molecule has 3 aromatic rings. The third-order valence-electron chi connectivity index (χ3n) is 5.26. The molecule has 0 aliphatic carbocycles. The summed E-state index contributed by atoms with van der Waals surface area (Å²) < 4.78 is 97.1. The number of benzene rings is 3. The van der Waals surface area contributed by atoms with Crippen molar-refractivity contribution in [3.8, 4) is 5.75 Å². The first-order valence-corrected chi connectivity index (χ1v) is 10.2. The third kappa shape index (κ3) is 5.42. The van der Waals surface area contributed by atoms with Crippen LogP contribution in [0.2, 0.25) is 0 Å². The fourth-order valence-electron chi connectivity index (χ4n) is 3.52. The van der Waals surface area contributed by atoms with E-state index in [1.165, 1.54) is 47.4 Å². The first-order chi connectivity index (χ1) is 16.8. The van der Waals surface area contributed by atoms with Gasteiger partial charge in [0.05, 0.1) is 23.4 Å². The number of carbonyl (C=O) groups excluding carboxylic acids is 2. The van der Waals surface area contributed by atoms with Crippen LogP contribution >= 0.6 is 0 Å². The van der Waals surface area contributed by atoms with Crippen LogP contribution < -0.4 is 15.0 Å². The van der Waals surface area contributed by atoms with Crippen LogP contribution in [0.5, 0.6) is 5.75 Å². The molecule has 0 bridgehead atoms. The number of amides is 2. The highest BCUT2D eigenvalue weighted by molar-refractivity contribution is 6.05. The van der Waals surface area contributed by atoms with Gasteiger partial charge in [0, 0.05) is 17.3 Å². The number of carbonyl (C=O) groups is 2. The molecule has 4 rings (SSSR count). The van der Waals surface area contributed by atoms with Gasteiger partial charge in [-0.25, -0.2) is 4.39 Å². The van der Waals surface area contributed by atoms with Crippen molar-refractivity contribution in [3.63, 3.8) is 0 Å². The maximum absolute atomic E-state index is 13.2. The first-order valence-electron chi connectivity index (χ1n) is 10.2. The fourth-order valence-corrected chi connectivity index (χ4v) is 3.52. The van der Waals surface area contributed by atoms with Crippen LogP contribution in [0, 0.1) is 5.82 Å². The second-order valence-corrected chi connectivity index (χ2v) is 7.83. The number of alkyl halides is 6. The highest BCUT2D eigenvalue weighted by Crippen LogP contribution is 2.38. The lowest BCUT2D eigenvalue weighted by atomic mass is 10.0. The summed E-state index contributed by atoms with van der Waals surface area (Å²) in [5, 5.41) is 2.25. The number of halogens is 7. The van der Waals surface area contributed by atoms with Crippen LogP contribution in [0.25, 0.3) is 0 Å². The Kier molecular flexibility index (Phi) is 6.37. The van der Waals surface area contributed by atoms with Crippen molar-refractivity contribution in [2.24, 2.45) is 0 Å². The Labute approximate surface area is 199 Å². The van der Waals surface area contributed by atoms with Crippen LogP contribution in [0.3, 0.4) is 0 Å². The van der Waals surface area contributed by atoms with E-state index in [2.05, 4.69) is 5.32 Å². The molecule has 12 heteroatoms. The van der Waals surface area contributed by atoms with E-state index in [1.54, 1.807) is 0 Å². The van der Waals surface area contributed by atoms with Gasteiger partial charge in [0.25, 0.3) is 11.8 Å². The molecule has 5 nitrogen and oxygen atoms in total. The number of nitrogens with one attached hydrogen (secondary N) is 1. The summed E-state index contributed by atoms with van der Waals surface area (Å²) in [4.78, 5) is 26.3. The Morgan fingerprint density at radius 1 is 0.889 bits per heavy atom. The summed E-state index contributed by atoms with van der Waals surface area (Å²) in [7, 11) is 0. The zero-order chi connectivity index (χ0) is 26.3. The van der Waals surface area contributed by atoms with E-state index >= 15 is 0 Å². The van der Waals surface area contributed by atoms with Crippen LogP contribution in [-0.2, 0) is 23.7 Å². The lowest BCUT2D eigenvalue weighted by molar-refractivity contribution is -0.143. The van der Waals surface area contributed by atoms with E-state index in [9.17, 15) is 40.3 Å². The number of ether oxygens (including phenoxy) is 1. The highest BCUT2D eigenvalue weighted by Gasteiger charge is 2.37. The van der Waals surface area contributed by atoms with E-state index in [0.717, 1.165) is 0 Å². The van der Waals surface area contributed by atoms with E-state index < -0.39 is 46.7 Å². The molecule has 36 heavy (non-hydrogen) atoms. The zero-order valence-electron chi connectivity index (χ0n) is 18.0. The van der Waals surface area contributed by atoms with Crippen molar-refractivity contribution >= 4 is 23.2 Å². The Morgan fingerprint density at radius 3 is 2.08 bits per heavy atom.